The standard InChI is InChI=1S/C27H24N4O3/c1-4-34-23-15-7-19(8-16-23)24-25(29-20-9-13-21(14-10-20)30(2)3)27(33)31(26(24)32)22-11-5-18(17-28)6-12-22/h5-16,29H,4H2,1-3H3. The van der Waals surface area contributed by atoms with Crippen LogP contribution in [0.2, 0.25) is 0 Å². The first-order chi connectivity index (χ1) is 16.4. The number of benzene rings is 3. The van der Waals surface area contributed by atoms with Crippen LogP contribution in [0.25, 0.3) is 5.57 Å². The summed E-state index contributed by atoms with van der Waals surface area (Å²) in [6.45, 7) is 2.43. The molecule has 0 bridgehead atoms. The van der Waals surface area contributed by atoms with Crippen molar-refractivity contribution in [3.8, 4) is 11.8 Å². The fourth-order valence-corrected chi connectivity index (χ4v) is 3.70. The Hall–Kier alpha value is -4.57. The van der Waals surface area contributed by atoms with Gasteiger partial charge in [-0.1, -0.05) is 12.1 Å². The Bertz CT molecular complexity index is 1290. The molecule has 0 saturated carbocycles. The maximum absolute atomic E-state index is 13.5. The molecule has 0 unspecified atom stereocenters. The van der Waals surface area contributed by atoms with Crippen molar-refractivity contribution in [3.63, 3.8) is 0 Å². The Morgan fingerprint density at radius 2 is 1.56 bits per heavy atom. The number of carbonyl (C=O) groups excluding carboxylic acids is 2. The molecule has 0 aromatic heterocycles. The molecule has 2 amide bonds. The third-order valence-corrected chi connectivity index (χ3v) is 5.45. The molecular formula is C27H24N4O3. The molecule has 7 heteroatoms. The zero-order valence-electron chi connectivity index (χ0n) is 19.2. The monoisotopic (exact) mass is 452 g/mol. The summed E-state index contributed by atoms with van der Waals surface area (Å²) in [7, 11) is 3.90. The van der Waals surface area contributed by atoms with E-state index in [-0.39, 0.29) is 11.3 Å². The van der Waals surface area contributed by atoms with Gasteiger partial charge in [-0.25, -0.2) is 4.90 Å². The lowest BCUT2D eigenvalue weighted by Crippen LogP contribution is -2.32. The first-order valence-electron chi connectivity index (χ1n) is 10.8. The highest BCUT2D eigenvalue weighted by atomic mass is 16.5. The number of rotatable bonds is 7. The molecule has 0 atom stereocenters. The predicted octanol–water partition coefficient (Wildman–Crippen LogP) is 4.42. The number of nitrogens with zero attached hydrogens (tertiary/aromatic N) is 3. The largest absolute Gasteiger partial charge is 0.494 e. The summed E-state index contributed by atoms with van der Waals surface area (Å²) < 4.78 is 5.51. The molecule has 7 nitrogen and oxygen atoms in total. The summed E-state index contributed by atoms with van der Waals surface area (Å²) in [5.41, 5.74) is 3.61. The lowest BCUT2D eigenvalue weighted by Gasteiger charge is -2.16. The van der Waals surface area contributed by atoms with Gasteiger partial charge in [-0.05, 0) is 73.2 Å². The lowest BCUT2D eigenvalue weighted by molar-refractivity contribution is -0.120. The van der Waals surface area contributed by atoms with Crippen LogP contribution in [0.4, 0.5) is 17.1 Å². The van der Waals surface area contributed by atoms with Crippen LogP contribution in [-0.2, 0) is 9.59 Å². The number of hydrogen-bond donors (Lipinski definition) is 1. The minimum absolute atomic E-state index is 0.191. The summed E-state index contributed by atoms with van der Waals surface area (Å²) in [6.07, 6.45) is 0. The number of ether oxygens (including phenoxy) is 1. The van der Waals surface area contributed by atoms with E-state index in [1.165, 1.54) is 0 Å². The van der Waals surface area contributed by atoms with E-state index in [9.17, 15) is 9.59 Å². The van der Waals surface area contributed by atoms with Gasteiger partial charge in [0.2, 0.25) is 0 Å². The van der Waals surface area contributed by atoms with Crippen molar-refractivity contribution in [1.82, 2.24) is 0 Å². The van der Waals surface area contributed by atoms with Crippen LogP contribution >= 0.6 is 0 Å². The maximum atomic E-state index is 13.5. The highest BCUT2D eigenvalue weighted by Gasteiger charge is 2.40. The van der Waals surface area contributed by atoms with Crippen molar-refractivity contribution in [3.05, 3.63) is 89.6 Å². The van der Waals surface area contributed by atoms with Crippen LogP contribution in [0.15, 0.2) is 78.5 Å². The van der Waals surface area contributed by atoms with E-state index in [1.54, 1.807) is 48.5 Å². The van der Waals surface area contributed by atoms with Gasteiger partial charge in [0.1, 0.15) is 11.4 Å². The Morgan fingerprint density at radius 1 is 0.912 bits per heavy atom. The molecule has 1 aliphatic rings. The molecule has 0 fully saturated rings. The van der Waals surface area contributed by atoms with Crippen molar-refractivity contribution in [2.45, 2.75) is 6.92 Å². The van der Waals surface area contributed by atoms with Gasteiger partial charge >= 0.3 is 0 Å². The first-order valence-corrected chi connectivity index (χ1v) is 10.8. The van der Waals surface area contributed by atoms with Crippen LogP contribution in [-0.4, -0.2) is 32.5 Å². The van der Waals surface area contributed by atoms with Crippen LogP contribution in [0.5, 0.6) is 5.75 Å². The van der Waals surface area contributed by atoms with Crippen molar-refractivity contribution < 1.29 is 14.3 Å². The van der Waals surface area contributed by atoms with Gasteiger partial charge in [0.25, 0.3) is 11.8 Å². The Kier molecular flexibility index (Phi) is 6.33. The zero-order chi connectivity index (χ0) is 24.2. The number of nitrogens with one attached hydrogen (secondary N) is 1. The molecule has 170 valence electrons. The molecule has 0 spiro atoms. The van der Waals surface area contributed by atoms with Crippen molar-refractivity contribution in [2.24, 2.45) is 0 Å². The summed E-state index contributed by atoms with van der Waals surface area (Å²) in [5, 5.41) is 12.2. The quantitative estimate of drug-likeness (QED) is 0.534. The second kappa shape index (κ2) is 9.51. The van der Waals surface area contributed by atoms with Crippen LogP contribution in [0, 0.1) is 11.3 Å². The summed E-state index contributed by atoms with van der Waals surface area (Å²) in [5.74, 6) is -0.220. The van der Waals surface area contributed by atoms with E-state index in [2.05, 4.69) is 5.32 Å². The molecule has 0 aliphatic carbocycles. The van der Waals surface area contributed by atoms with Gasteiger partial charge in [-0.3, -0.25) is 9.59 Å². The Labute approximate surface area is 198 Å². The number of anilines is 3. The molecule has 0 radical (unpaired) electrons. The SMILES string of the molecule is CCOc1ccc(C2=C(Nc3ccc(N(C)C)cc3)C(=O)N(c3ccc(C#N)cc3)C2=O)cc1. The molecule has 34 heavy (non-hydrogen) atoms. The van der Waals surface area contributed by atoms with Crippen molar-refractivity contribution >= 4 is 34.4 Å². The summed E-state index contributed by atoms with van der Waals surface area (Å²) >= 11 is 0. The fraction of sp³-hybridized carbons (Fsp3) is 0.148. The highest BCUT2D eigenvalue weighted by molar-refractivity contribution is 6.46. The number of carbonyl (C=O) groups is 2. The molecule has 1 N–H and O–H groups in total. The summed E-state index contributed by atoms with van der Waals surface area (Å²) in [6, 6.07) is 23.1. The maximum Gasteiger partial charge on any atom is 0.282 e. The van der Waals surface area contributed by atoms with Gasteiger partial charge in [0, 0.05) is 25.5 Å². The molecule has 4 rings (SSSR count). The van der Waals surface area contributed by atoms with Gasteiger partial charge in [-0.15, -0.1) is 0 Å². The second-order valence-corrected chi connectivity index (χ2v) is 7.88. The first kappa shape index (κ1) is 22.6. The van der Waals surface area contributed by atoms with Gasteiger partial charge < -0.3 is 15.0 Å². The van der Waals surface area contributed by atoms with Gasteiger partial charge in [-0.2, -0.15) is 5.26 Å². The Balaban J connectivity index is 1.75. The van der Waals surface area contributed by atoms with E-state index < -0.39 is 11.8 Å². The van der Waals surface area contributed by atoms with E-state index in [4.69, 9.17) is 10.00 Å². The average molecular weight is 453 g/mol. The van der Waals surface area contributed by atoms with Gasteiger partial charge in [0.05, 0.1) is 29.5 Å². The average Bonchev–Trinajstić information content (AvgIpc) is 3.09. The van der Waals surface area contributed by atoms with E-state index in [1.807, 2.05) is 56.3 Å². The molecule has 1 aliphatic heterocycles. The predicted molar refractivity (Wildman–Crippen MR) is 133 cm³/mol. The molecule has 3 aromatic rings. The molecule has 1 heterocycles. The third kappa shape index (κ3) is 4.34. The van der Waals surface area contributed by atoms with Crippen LogP contribution in [0.3, 0.4) is 0 Å². The summed E-state index contributed by atoms with van der Waals surface area (Å²) in [4.78, 5) is 30.1. The zero-order valence-corrected chi connectivity index (χ0v) is 19.2. The van der Waals surface area contributed by atoms with E-state index >= 15 is 0 Å². The van der Waals surface area contributed by atoms with Crippen LogP contribution < -0.4 is 19.9 Å². The minimum atomic E-state index is -0.463. The molecule has 0 saturated heterocycles. The Morgan fingerprint density at radius 3 is 2.12 bits per heavy atom. The van der Waals surface area contributed by atoms with Crippen molar-refractivity contribution in [1.29, 1.82) is 5.26 Å². The number of nitriles is 1. The smallest absolute Gasteiger partial charge is 0.282 e. The number of hydrogen-bond acceptors (Lipinski definition) is 6. The van der Waals surface area contributed by atoms with E-state index in [0.717, 1.165) is 10.6 Å². The fourth-order valence-electron chi connectivity index (χ4n) is 3.70. The topological polar surface area (TPSA) is 85.7 Å². The molecular weight excluding hydrogens is 428 g/mol. The van der Waals surface area contributed by atoms with E-state index in [0.29, 0.717) is 34.9 Å². The van der Waals surface area contributed by atoms with Crippen molar-refractivity contribution in [2.75, 3.05) is 35.8 Å². The number of amides is 2. The normalized spacial score (nSPS) is 13.2. The molecule has 3 aromatic carbocycles. The lowest BCUT2D eigenvalue weighted by atomic mass is 10.0. The van der Waals surface area contributed by atoms with Gasteiger partial charge in [0.15, 0.2) is 0 Å². The third-order valence-electron chi connectivity index (χ3n) is 5.45. The number of imide groups is 1. The van der Waals surface area contributed by atoms with Crippen LogP contribution in [0.1, 0.15) is 18.1 Å². The highest BCUT2D eigenvalue weighted by Crippen LogP contribution is 2.34. The second-order valence-electron chi connectivity index (χ2n) is 7.88. The minimum Gasteiger partial charge on any atom is -0.494 e.